The van der Waals surface area contributed by atoms with E-state index in [1.54, 1.807) is 6.07 Å². The van der Waals surface area contributed by atoms with Crippen molar-refractivity contribution in [2.75, 3.05) is 44.3 Å². The van der Waals surface area contributed by atoms with Crippen molar-refractivity contribution in [2.45, 2.75) is 12.8 Å². The SMILES string of the molecule is Cl.Cl.O=C(c1ccc(N2CCOCC2)cc1F)C1CCNCC1. The Morgan fingerprint density at radius 1 is 1.17 bits per heavy atom. The first kappa shape index (κ1) is 20.2. The third kappa shape index (κ3) is 4.80. The smallest absolute Gasteiger partial charge is 0.168 e. The number of ether oxygens (including phenoxy) is 1. The molecule has 2 heterocycles. The molecule has 0 atom stereocenters. The van der Waals surface area contributed by atoms with Crippen molar-refractivity contribution >= 4 is 36.3 Å². The predicted octanol–water partition coefficient (Wildman–Crippen LogP) is 2.69. The van der Waals surface area contributed by atoms with Gasteiger partial charge in [0.1, 0.15) is 5.82 Å². The standard InChI is InChI=1S/C16H21FN2O2.2ClH/c17-15-11-13(19-7-9-21-10-8-19)1-2-14(15)16(20)12-3-5-18-6-4-12;;/h1-2,11-12,18H,3-10H2;2*1H. The quantitative estimate of drug-likeness (QED) is 0.837. The zero-order valence-corrected chi connectivity index (χ0v) is 14.6. The van der Waals surface area contributed by atoms with Crippen LogP contribution in [0.2, 0.25) is 0 Å². The molecule has 0 radical (unpaired) electrons. The van der Waals surface area contributed by atoms with Crippen molar-refractivity contribution in [1.82, 2.24) is 5.32 Å². The molecule has 4 nitrogen and oxygen atoms in total. The Bertz CT molecular complexity index is 519. The summed E-state index contributed by atoms with van der Waals surface area (Å²) in [5.74, 6) is -0.500. The zero-order chi connectivity index (χ0) is 14.7. The molecule has 0 aromatic heterocycles. The fraction of sp³-hybridized carbons (Fsp3) is 0.562. The molecule has 1 aromatic rings. The van der Waals surface area contributed by atoms with Crippen LogP contribution >= 0.6 is 24.8 Å². The summed E-state index contributed by atoms with van der Waals surface area (Å²) in [5.41, 5.74) is 1.07. The third-order valence-electron chi connectivity index (χ3n) is 4.30. The van der Waals surface area contributed by atoms with Crippen LogP contribution in [-0.4, -0.2) is 45.2 Å². The molecule has 0 bridgehead atoms. The number of piperidine rings is 1. The minimum absolute atomic E-state index is 0. The van der Waals surface area contributed by atoms with Gasteiger partial charge in [-0.3, -0.25) is 4.79 Å². The highest BCUT2D eigenvalue weighted by molar-refractivity contribution is 5.98. The van der Waals surface area contributed by atoms with E-state index in [9.17, 15) is 9.18 Å². The molecule has 2 aliphatic rings. The number of benzene rings is 1. The predicted molar refractivity (Wildman–Crippen MR) is 93.9 cm³/mol. The molecule has 1 aromatic carbocycles. The van der Waals surface area contributed by atoms with Gasteiger partial charge >= 0.3 is 0 Å². The molecule has 2 aliphatic heterocycles. The summed E-state index contributed by atoms with van der Waals surface area (Å²) in [4.78, 5) is 14.5. The zero-order valence-electron chi connectivity index (χ0n) is 12.9. The molecule has 3 rings (SSSR count). The first-order valence-corrected chi connectivity index (χ1v) is 7.63. The van der Waals surface area contributed by atoms with E-state index in [0.717, 1.165) is 44.7 Å². The number of morpholine rings is 1. The van der Waals surface area contributed by atoms with Crippen LogP contribution in [0.3, 0.4) is 0 Å². The van der Waals surface area contributed by atoms with Crippen LogP contribution < -0.4 is 10.2 Å². The Kier molecular flexibility index (Phi) is 8.26. The van der Waals surface area contributed by atoms with E-state index in [0.29, 0.717) is 13.2 Å². The lowest BCUT2D eigenvalue weighted by Crippen LogP contribution is -2.36. The van der Waals surface area contributed by atoms with Crippen LogP contribution in [0.25, 0.3) is 0 Å². The molecule has 0 unspecified atom stereocenters. The number of halogens is 3. The van der Waals surface area contributed by atoms with Crippen molar-refractivity contribution in [3.63, 3.8) is 0 Å². The number of Topliss-reactive ketones (excluding diaryl/α,β-unsaturated/α-hetero) is 1. The molecule has 2 saturated heterocycles. The number of nitrogens with one attached hydrogen (secondary N) is 1. The van der Waals surface area contributed by atoms with Gasteiger partial charge in [0.2, 0.25) is 0 Å². The molecule has 23 heavy (non-hydrogen) atoms. The minimum atomic E-state index is -0.400. The van der Waals surface area contributed by atoms with E-state index < -0.39 is 5.82 Å². The van der Waals surface area contributed by atoms with Crippen molar-refractivity contribution in [3.8, 4) is 0 Å². The number of ketones is 1. The number of nitrogens with zero attached hydrogens (tertiary/aromatic N) is 1. The van der Waals surface area contributed by atoms with Crippen molar-refractivity contribution < 1.29 is 13.9 Å². The van der Waals surface area contributed by atoms with E-state index >= 15 is 0 Å². The van der Waals surface area contributed by atoms with Gasteiger partial charge in [-0.25, -0.2) is 4.39 Å². The summed E-state index contributed by atoms with van der Waals surface area (Å²) < 4.78 is 19.6. The van der Waals surface area contributed by atoms with Gasteiger partial charge in [0.05, 0.1) is 18.8 Å². The molecule has 7 heteroatoms. The second-order valence-corrected chi connectivity index (χ2v) is 5.65. The molecule has 130 valence electrons. The maximum atomic E-state index is 14.3. The fourth-order valence-electron chi connectivity index (χ4n) is 3.03. The van der Waals surface area contributed by atoms with E-state index in [-0.39, 0.29) is 42.1 Å². The Balaban J connectivity index is 0.00000132. The summed E-state index contributed by atoms with van der Waals surface area (Å²) in [7, 11) is 0. The van der Waals surface area contributed by atoms with Crippen LogP contribution in [0, 0.1) is 11.7 Å². The van der Waals surface area contributed by atoms with Crippen molar-refractivity contribution in [3.05, 3.63) is 29.6 Å². The number of hydrogen-bond acceptors (Lipinski definition) is 4. The van der Waals surface area contributed by atoms with E-state index in [1.807, 2.05) is 6.07 Å². The Morgan fingerprint density at radius 2 is 1.83 bits per heavy atom. The largest absolute Gasteiger partial charge is 0.378 e. The molecule has 2 fully saturated rings. The van der Waals surface area contributed by atoms with Crippen molar-refractivity contribution in [2.24, 2.45) is 5.92 Å². The van der Waals surface area contributed by atoms with Crippen molar-refractivity contribution in [1.29, 1.82) is 0 Å². The van der Waals surface area contributed by atoms with Crippen LogP contribution in [-0.2, 0) is 4.74 Å². The third-order valence-corrected chi connectivity index (χ3v) is 4.30. The van der Waals surface area contributed by atoms with Crippen LogP contribution in [0.1, 0.15) is 23.2 Å². The monoisotopic (exact) mass is 364 g/mol. The Labute approximate surface area is 148 Å². The van der Waals surface area contributed by atoms with Gasteiger partial charge in [0.15, 0.2) is 5.78 Å². The highest BCUT2D eigenvalue weighted by atomic mass is 35.5. The number of carbonyl (C=O) groups excluding carboxylic acids is 1. The first-order chi connectivity index (χ1) is 10.3. The molecule has 0 aliphatic carbocycles. The van der Waals surface area contributed by atoms with Crippen LogP contribution in [0.15, 0.2) is 18.2 Å². The number of carbonyl (C=O) groups is 1. The van der Waals surface area contributed by atoms with Crippen LogP contribution in [0.4, 0.5) is 10.1 Å². The second-order valence-electron chi connectivity index (χ2n) is 5.65. The number of anilines is 1. The number of hydrogen-bond donors (Lipinski definition) is 1. The molecular weight excluding hydrogens is 342 g/mol. The summed E-state index contributed by atoms with van der Waals surface area (Å²) in [6, 6.07) is 4.98. The van der Waals surface area contributed by atoms with Gasteiger partial charge in [0, 0.05) is 24.7 Å². The van der Waals surface area contributed by atoms with Crippen LogP contribution in [0.5, 0.6) is 0 Å². The maximum absolute atomic E-state index is 14.3. The normalized spacial score (nSPS) is 18.7. The van der Waals surface area contributed by atoms with Gasteiger partial charge in [-0.1, -0.05) is 0 Å². The highest BCUT2D eigenvalue weighted by Gasteiger charge is 2.25. The van der Waals surface area contributed by atoms with E-state index in [4.69, 9.17) is 4.74 Å². The second kappa shape index (κ2) is 9.42. The van der Waals surface area contributed by atoms with Gasteiger partial charge in [-0.15, -0.1) is 24.8 Å². The Morgan fingerprint density at radius 3 is 2.43 bits per heavy atom. The Hall–Kier alpha value is -0.880. The maximum Gasteiger partial charge on any atom is 0.168 e. The average molecular weight is 365 g/mol. The molecule has 0 spiro atoms. The number of rotatable bonds is 3. The lowest BCUT2D eigenvalue weighted by atomic mass is 9.89. The summed E-state index contributed by atoms with van der Waals surface area (Å²) in [6.07, 6.45) is 1.59. The van der Waals surface area contributed by atoms with E-state index in [1.165, 1.54) is 6.07 Å². The average Bonchev–Trinajstić information content (AvgIpc) is 2.56. The summed E-state index contributed by atoms with van der Waals surface area (Å²) >= 11 is 0. The van der Waals surface area contributed by atoms with Gasteiger partial charge in [-0.2, -0.15) is 0 Å². The van der Waals surface area contributed by atoms with Gasteiger partial charge < -0.3 is 15.0 Å². The summed E-state index contributed by atoms with van der Waals surface area (Å²) in [5, 5.41) is 3.22. The first-order valence-electron chi connectivity index (χ1n) is 7.63. The topological polar surface area (TPSA) is 41.6 Å². The highest BCUT2D eigenvalue weighted by Crippen LogP contribution is 2.24. The summed E-state index contributed by atoms with van der Waals surface area (Å²) in [6.45, 7) is 4.53. The molecule has 0 amide bonds. The lowest BCUT2D eigenvalue weighted by molar-refractivity contribution is 0.0891. The molecular formula is C16H23Cl2FN2O2. The minimum Gasteiger partial charge on any atom is -0.378 e. The molecule has 1 N–H and O–H groups in total. The fourth-order valence-corrected chi connectivity index (χ4v) is 3.03. The molecule has 0 saturated carbocycles. The van der Waals surface area contributed by atoms with E-state index in [2.05, 4.69) is 10.2 Å². The van der Waals surface area contributed by atoms with Gasteiger partial charge in [-0.05, 0) is 44.1 Å². The lowest BCUT2D eigenvalue weighted by Gasteiger charge is -2.29. The van der Waals surface area contributed by atoms with Gasteiger partial charge in [0.25, 0.3) is 0 Å².